The van der Waals surface area contributed by atoms with Gasteiger partial charge in [-0.2, -0.15) is 0 Å². The summed E-state index contributed by atoms with van der Waals surface area (Å²) in [6.45, 7) is 11.2. The fourth-order valence-corrected chi connectivity index (χ4v) is 7.66. The Kier molecular flexibility index (Phi) is 11.4. The number of H-pyrrole nitrogens is 2. The summed E-state index contributed by atoms with van der Waals surface area (Å²) in [7, 11) is 1.42. The molecule has 12 heteroatoms. The van der Waals surface area contributed by atoms with Crippen LogP contribution in [0.25, 0.3) is 33.6 Å². The van der Waals surface area contributed by atoms with Crippen molar-refractivity contribution in [2.75, 3.05) is 33.2 Å². The summed E-state index contributed by atoms with van der Waals surface area (Å²) >= 11 is 0. The lowest BCUT2D eigenvalue weighted by Crippen LogP contribution is -2.47. The van der Waals surface area contributed by atoms with Crippen LogP contribution in [0.2, 0.25) is 0 Å². The first-order chi connectivity index (χ1) is 25.1. The molecule has 0 radical (unpaired) electrons. The number of rotatable bonds is 13. The number of amides is 3. The maximum Gasteiger partial charge on any atom is 0.407 e. The molecule has 0 saturated carbocycles. The van der Waals surface area contributed by atoms with Gasteiger partial charge in [0.15, 0.2) is 0 Å². The molecule has 0 unspecified atom stereocenters. The molecule has 6 rings (SSSR count). The van der Waals surface area contributed by atoms with Crippen LogP contribution in [0.4, 0.5) is 4.79 Å². The second-order valence-electron chi connectivity index (χ2n) is 14.2. The molecule has 276 valence electrons. The van der Waals surface area contributed by atoms with Crippen LogP contribution in [-0.2, 0) is 9.59 Å². The Morgan fingerprint density at radius 1 is 0.731 bits per heavy atom. The molecule has 4 atom stereocenters. The normalized spacial score (nSPS) is 18.6. The van der Waals surface area contributed by atoms with Crippen molar-refractivity contribution < 1.29 is 19.5 Å². The summed E-state index contributed by atoms with van der Waals surface area (Å²) in [6.07, 6.45) is 8.09. The van der Waals surface area contributed by atoms with Crippen molar-refractivity contribution in [1.82, 2.24) is 39.5 Å². The van der Waals surface area contributed by atoms with Crippen LogP contribution in [0, 0.1) is 0 Å². The van der Waals surface area contributed by atoms with E-state index in [-0.39, 0.29) is 29.9 Å². The smallest absolute Gasteiger partial charge is 0.407 e. The molecule has 2 aliphatic rings. The standard InChI is InChI=1S/C40H52N8O4/c1-6-20-46(21-7-2)27(4)39(50)48-23-9-11-35(48)37-42-25-33(44-37)31-18-14-29(15-19-31)28-12-16-30(17-13-28)32-24-41-36(43-32)34-10-8-22-47(34)38(49)26(3)45(5)40(51)52/h12-19,24-27,34-35H,6-11,20-23H2,1-5H3,(H,41,43)(H,42,44)(H,51,52)/t26-,27+,34-,35-/m0/s1. The van der Waals surface area contributed by atoms with E-state index in [1.165, 1.54) is 7.05 Å². The number of aromatic nitrogens is 4. The lowest BCUT2D eigenvalue weighted by Gasteiger charge is -2.33. The van der Waals surface area contributed by atoms with Crippen LogP contribution in [0.3, 0.4) is 0 Å². The van der Waals surface area contributed by atoms with E-state index in [0.29, 0.717) is 12.4 Å². The zero-order chi connectivity index (χ0) is 36.9. The van der Waals surface area contributed by atoms with E-state index in [9.17, 15) is 19.5 Å². The topological polar surface area (TPSA) is 142 Å². The Hall–Kier alpha value is -4.97. The van der Waals surface area contributed by atoms with Gasteiger partial charge in [0.25, 0.3) is 0 Å². The molecule has 52 heavy (non-hydrogen) atoms. The fourth-order valence-electron chi connectivity index (χ4n) is 7.66. The predicted octanol–water partition coefficient (Wildman–Crippen LogP) is 6.97. The van der Waals surface area contributed by atoms with Gasteiger partial charge >= 0.3 is 6.09 Å². The third-order valence-corrected chi connectivity index (χ3v) is 10.8. The number of carboxylic acid groups (broad SMARTS) is 1. The minimum atomic E-state index is -1.13. The molecule has 3 amide bonds. The molecule has 4 heterocycles. The summed E-state index contributed by atoms with van der Waals surface area (Å²) in [5.74, 6) is 1.53. The van der Waals surface area contributed by atoms with E-state index in [4.69, 9.17) is 4.98 Å². The zero-order valence-corrected chi connectivity index (χ0v) is 31.0. The van der Waals surface area contributed by atoms with Crippen LogP contribution >= 0.6 is 0 Å². The van der Waals surface area contributed by atoms with Crippen molar-refractivity contribution in [1.29, 1.82) is 0 Å². The van der Waals surface area contributed by atoms with Crippen molar-refractivity contribution in [2.24, 2.45) is 0 Å². The molecule has 2 aromatic heterocycles. The summed E-state index contributed by atoms with van der Waals surface area (Å²) in [6, 6.07) is 15.5. The second-order valence-corrected chi connectivity index (χ2v) is 14.2. The highest BCUT2D eigenvalue weighted by molar-refractivity contribution is 5.85. The van der Waals surface area contributed by atoms with Gasteiger partial charge in [-0.25, -0.2) is 14.8 Å². The van der Waals surface area contributed by atoms with Gasteiger partial charge in [0, 0.05) is 20.1 Å². The molecule has 2 aromatic carbocycles. The van der Waals surface area contributed by atoms with E-state index in [1.54, 1.807) is 18.0 Å². The third kappa shape index (κ3) is 7.62. The Labute approximate surface area is 306 Å². The second kappa shape index (κ2) is 16.1. The first-order valence-electron chi connectivity index (χ1n) is 18.7. The van der Waals surface area contributed by atoms with E-state index in [1.807, 2.05) is 18.0 Å². The zero-order valence-electron chi connectivity index (χ0n) is 31.0. The third-order valence-electron chi connectivity index (χ3n) is 10.8. The molecular weight excluding hydrogens is 656 g/mol. The van der Waals surface area contributed by atoms with Gasteiger partial charge in [-0.05, 0) is 87.7 Å². The highest BCUT2D eigenvalue weighted by atomic mass is 16.4. The highest BCUT2D eigenvalue weighted by Crippen LogP contribution is 2.35. The van der Waals surface area contributed by atoms with Crippen molar-refractivity contribution in [3.8, 4) is 33.6 Å². The van der Waals surface area contributed by atoms with E-state index in [0.717, 1.165) is 103 Å². The minimum absolute atomic E-state index is 0.0355. The van der Waals surface area contributed by atoms with Gasteiger partial charge in [-0.3, -0.25) is 19.4 Å². The quantitative estimate of drug-likeness (QED) is 0.136. The molecule has 2 saturated heterocycles. The molecule has 0 bridgehead atoms. The number of likely N-dealkylation sites (tertiary alicyclic amines) is 2. The SMILES string of the molecule is CCCN(CCC)[C@H](C)C(=O)N1CCC[C@H]1c1ncc(-c2ccc(-c3ccc(-c4cnc([C@@H]5CCCN5C(=O)[C@H](C)N(C)C(=O)O)[nH]4)cc3)cc2)[nH]1. The Bertz CT molecular complexity index is 1830. The molecule has 4 aromatic rings. The summed E-state index contributed by atoms with van der Waals surface area (Å²) in [5, 5.41) is 9.33. The van der Waals surface area contributed by atoms with Crippen molar-refractivity contribution >= 4 is 17.9 Å². The van der Waals surface area contributed by atoms with E-state index >= 15 is 0 Å². The van der Waals surface area contributed by atoms with Crippen LogP contribution in [-0.4, -0.2) is 108 Å². The first kappa shape index (κ1) is 36.8. The number of nitrogens with zero attached hydrogens (tertiary/aromatic N) is 6. The van der Waals surface area contributed by atoms with Gasteiger partial charge in [-0.1, -0.05) is 62.4 Å². The average molecular weight is 709 g/mol. The summed E-state index contributed by atoms with van der Waals surface area (Å²) < 4.78 is 0. The summed E-state index contributed by atoms with van der Waals surface area (Å²) in [4.78, 5) is 61.6. The van der Waals surface area contributed by atoms with Crippen molar-refractivity contribution in [3.63, 3.8) is 0 Å². The lowest BCUT2D eigenvalue weighted by atomic mass is 10.0. The number of carbonyl (C=O) groups is 3. The monoisotopic (exact) mass is 708 g/mol. The minimum Gasteiger partial charge on any atom is -0.465 e. The van der Waals surface area contributed by atoms with Gasteiger partial charge in [0.1, 0.15) is 17.7 Å². The van der Waals surface area contributed by atoms with Gasteiger partial charge in [0.2, 0.25) is 11.8 Å². The van der Waals surface area contributed by atoms with Crippen LogP contribution in [0.1, 0.15) is 90.0 Å². The maximum absolute atomic E-state index is 13.6. The number of hydrogen-bond donors (Lipinski definition) is 3. The summed E-state index contributed by atoms with van der Waals surface area (Å²) in [5.41, 5.74) is 5.98. The Morgan fingerprint density at radius 3 is 1.54 bits per heavy atom. The first-order valence-corrected chi connectivity index (χ1v) is 18.7. The fraction of sp³-hybridized carbons (Fsp3) is 0.475. The number of hydrogen-bond acceptors (Lipinski definition) is 6. The number of nitrogens with one attached hydrogen (secondary N) is 2. The number of carbonyl (C=O) groups excluding carboxylic acids is 2. The van der Waals surface area contributed by atoms with Gasteiger partial charge < -0.3 is 24.9 Å². The van der Waals surface area contributed by atoms with E-state index in [2.05, 4.69) is 82.2 Å². The number of imidazole rings is 2. The molecular formula is C40H52N8O4. The molecule has 3 N–H and O–H groups in total. The maximum atomic E-state index is 13.6. The molecule has 2 aliphatic heterocycles. The lowest BCUT2D eigenvalue weighted by molar-refractivity contribution is -0.138. The number of likely N-dealkylation sites (N-methyl/N-ethyl adjacent to an activating group) is 1. The molecule has 0 aliphatic carbocycles. The number of benzene rings is 2. The van der Waals surface area contributed by atoms with Crippen LogP contribution < -0.4 is 0 Å². The Balaban J connectivity index is 1.10. The van der Waals surface area contributed by atoms with Crippen molar-refractivity contribution in [3.05, 3.63) is 72.6 Å². The molecule has 0 spiro atoms. The van der Waals surface area contributed by atoms with Gasteiger partial charge in [-0.15, -0.1) is 0 Å². The Morgan fingerprint density at radius 2 is 1.13 bits per heavy atom. The van der Waals surface area contributed by atoms with Gasteiger partial charge in [0.05, 0.1) is 41.9 Å². The van der Waals surface area contributed by atoms with Crippen molar-refractivity contribution in [2.45, 2.75) is 90.4 Å². The average Bonchev–Trinajstić information content (AvgIpc) is 4.00. The highest BCUT2D eigenvalue weighted by Gasteiger charge is 2.37. The molecule has 12 nitrogen and oxygen atoms in total. The van der Waals surface area contributed by atoms with E-state index < -0.39 is 12.1 Å². The van der Waals surface area contributed by atoms with Crippen LogP contribution in [0.15, 0.2) is 60.9 Å². The molecule has 2 fully saturated rings. The number of aromatic amines is 2. The largest absolute Gasteiger partial charge is 0.465 e. The van der Waals surface area contributed by atoms with Crippen LogP contribution in [0.5, 0.6) is 0 Å². The predicted molar refractivity (Wildman–Crippen MR) is 201 cm³/mol.